The Hall–Kier alpha value is -3.35. The van der Waals surface area contributed by atoms with Crippen LogP contribution in [0.2, 0.25) is 0 Å². The van der Waals surface area contributed by atoms with Gasteiger partial charge in [-0.1, -0.05) is 62.4 Å². The number of carbonyl (C=O) groups excluding carboxylic acids is 2. The molecule has 2 aromatic carbocycles. The number of carboxylic acid groups (broad SMARTS) is 1. The van der Waals surface area contributed by atoms with Gasteiger partial charge in [-0.25, -0.2) is 4.79 Å². The zero-order valence-corrected chi connectivity index (χ0v) is 19.7. The molecule has 1 heterocycles. The molecule has 2 atom stereocenters. The largest absolute Gasteiger partial charge is 0.481 e. The molecule has 1 aliphatic heterocycles. The number of hydrogen-bond acceptors (Lipinski definition) is 4. The maximum absolute atomic E-state index is 12.9. The number of hydrogen-bond donors (Lipinski definition) is 2. The maximum Gasteiger partial charge on any atom is 0.407 e. The number of fused-ring (bicyclic) bond motifs is 3. The topological polar surface area (TPSA) is 95.9 Å². The lowest BCUT2D eigenvalue weighted by molar-refractivity contribution is -0.140. The van der Waals surface area contributed by atoms with E-state index in [1.165, 1.54) is 11.1 Å². The van der Waals surface area contributed by atoms with Gasteiger partial charge in [0, 0.05) is 31.0 Å². The number of carboxylic acids is 1. The van der Waals surface area contributed by atoms with Gasteiger partial charge in [0.25, 0.3) is 0 Å². The van der Waals surface area contributed by atoms with Crippen LogP contribution in [0, 0.1) is 5.92 Å². The molecule has 0 aromatic heterocycles. The summed E-state index contributed by atoms with van der Waals surface area (Å²) in [5, 5.41) is 12.0. The van der Waals surface area contributed by atoms with Crippen molar-refractivity contribution in [1.82, 2.24) is 10.2 Å². The second kappa shape index (κ2) is 10.3. The molecule has 0 unspecified atom stereocenters. The molecule has 2 N–H and O–H groups in total. The van der Waals surface area contributed by atoms with E-state index in [2.05, 4.69) is 29.6 Å². The summed E-state index contributed by atoms with van der Waals surface area (Å²) in [7, 11) is 0. The van der Waals surface area contributed by atoms with Gasteiger partial charge in [-0.05, 0) is 41.0 Å². The van der Waals surface area contributed by atoms with Crippen LogP contribution in [-0.4, -0.2) is 53.2 Å². The van der Waals surface area contributed by atoms with Gasteiger partial charge in [0.1, 0.15) is 6.61 Å². The molecule has 7 heteroatoms. The van der Waals surface area contributed by atoms with Crippen LogP contribution in [0.5, 0.6) is 0 Å². The lowest BCUT2D eigenvalue weighted by Crippen LogP contribution is -2.45. The number of benzene rings is 2. The first-order valence-corrected chi connectivity index (χ1v) is 12.0. The van der Waals surface area contributed by atoms with Crippen molar-refractivity contribution in [2.24, 2.45) is 5.92 Å². The fraction of sp³-hybridized carbons (Fsp3) is 0.444. The molecule has 180 valence electrons. The fourth-order valence-electron chi connectivity index (χ4n) is 5.13. The van der Waals surface area contributed by atoms with Gasteiger partial charge in [-0.2, -0.15) is 0 Å². The second-order valence-electron chi connectivity index (χ2n) is 9.51. The van der Waals surface area contributed by atoms with Crippen LogP contribution in [0.15, 0.2) is 48.5 Å². The van der Waals surface area contributed by atoms with Crippen molar-refractivity contribution < 1.29 is 24.2 Å². The lowest BCUT2D eigenvalue weighted by atomic mass is 9.98. The van der Waals surface area contributed by atoms with Gasteiger partial charge in [-0.15, -0.1) is 0 Å². The summed E-state index contributed by atoms with van der Waals surface area (Å²) < 4.78 is 5.65. The van der Waals surface area contributed by atoms with Crippen LogP contribution < -0.4 is 5.32 Å². The molecule has 1 fully saturated rings. The molecule has 2 aromatic rings. The van der Waals surface area contributed by atoms with Crippen molar-refractivity contribution >= 4 is 18.0 Å². The summed E-state index contributed by atoms with van der Waals surface area (Å²) in [6.07, 6.45) is 1.03. The van der Waals surface area contributed by atoms with E-state index in [1.807, 2.05) is 38.1 Å². The van der Waals surface area contributed by atoms with Crippen molar-refractivity contribution in [1.29, 1.82) is 0 Å². The third-order valence-corrected chi connectivity index (χ3v) is 6.95. The van der Waals surface area contributed by atoms with Crippen molar-refractivity contribution in [2.75, 3.05) is 13.2 Å². The van der Waals surface area contributed by atoms with Gasteiger partial charge in [0.05, 0.1) is 6.42 Å². The van der Waals surface area contributed by atoms with Gasteiger partial charge in [0.15, 0.2) is 0 Å². The van der Waals surface area contributed by atoms with Gasteiger partial charge in [-0.3, -0.25) is 9.59 Å². The van der Waals surface area contributed by atoms with E-state index in [9.17, 15) is 14.4 Å². The highest BCUT2D eigenvalue weighted by Gasteiger charge is 2.33. The number of alkyl carbamates (subject to hydrolysis) is 1. The van der Waals surface area contributed by atoms with E-state index in [-0.39, 0.29) is 43.2 Å². The maximum atomic E-state index is 12.9. The van der Waals surface area contributed by atoms with E-state index >= 15 is 0 Å². The predicted octanol–water partition coefficient (Wildman–Crippen LogP) is 4.41. The van der Waals surface area contributed by atoms with Crippen molar-refractivity contribution in [3.63, 3.8) is 0 Å². The molecule has 0 saturated carbocycles. The summed E-state index contributed by atoms with van der Waals surface area (Å²) in [5.41, 5.74) is 4.62. The van der Waals surface area contributed by atoms with Crippen LogP contribution in [0.4, 0.5) is 4.79 Å². The van der Waals surface area contributed by atoms with Crippen molar-refractivity contribution in [3.8, 4) is 11.1 Å². The Bertz CT molecular complexity index is 1020. The van der Waals surface area contributed by atoms with E-state index in [0.29, 0.717) is 13.0 Å². The number of rotatable bonds is 8. The smallest absolute Gasteiger partial charge is 0.407 e. The van der Waals surface area contributed by atoms with E-state index < -0.39 is 18.1 Å². The Balaban J connectivity index is 1.37. The summed E-state index contributed by atoms with van der Waals surface area (Å²) in [5.74, 6) is -1.04. The van der Waals surface area contributed by atoms with Crippen LogP contribution in [0.25, 0.3) is 11.1 Å². The molecule has 34 heavy (non-hydrogen) atoms. The quantitative estimate of drug-likeness (QED) is 0.604. The first kappa shape index (κ1) is 23.8. The fourth-order valence-corrected chi connectivity index (χ4v) is 5.13. The standard InChI is InChI=1S/C27H32N2O5/c1-17(2)24(15-25(30)29-13-7-8-18(29)14-26(31)32)28-27(33)34-16-23-21-11-5-3-9-19(21)20-10-4-6-12-22(20)23/h3-6,9-12,17-18,23-24H,7-8,13-16H2,1-2H3,(H,28,33)(H,31,32)/t18-,24-/m1/s1. The monoisotopic (exact) mass is 464 g/mol. The summed E-state index contributed by atoms with van der Waals surface area (Å²) in [6.45, 7) is 4.67. The Kier molecular flexibility index (Phi) is 7.20. The van der Waals surface area contributed by atoms with Gasteiger partial charge in [0.2, 0.25) is 5.91 Å². The summed E-state index contributed by atoms with van der Waals surface area (Å²) in [6, 6.07) is 15.7. The van der Waals surface area contributed by atoms with Crippen LogP contribution in [0.3, 0.4) is 0 Å². The normalized spacial score (nSPS) is 17.9. The molecule has 2 aliphatic rings. The van der Waals surface area contributed by atoms with Gasteiger partial charge < -0.3 is 20.1 Å². The number of likely N-dealkylation sites (tertiary alicyclic amines) is 1. The second-order valence-corrected chi connectivity index (χ2v) is 9.51. The molecule has 0 bridgehead atoms. The van der Waals surface area contributed by atoms with Crippen molar-refractivity contribution in [2.45, 2.75) is 57.5 Å². The minimum absolute atomic E-state index is 0.0185. The van der Waals surface area contributed by atoms with Crippen LogP contribution in [0.1, 0.15) is 56.6 Å². The zero-order chi connectivity index (χ0) is 24.2. The summed E-state index contributed by atoms with van der Waals surface area (Å²) in [4.78, 5) is 38.4. The predicted molar refractivity (Wildman–Crippen MR) is 128 cm³/mol. The number of aliphatic carboxylic acids is 1. The molecule has 1 aliphatic carbocycles. The van der Waals surface area contributed by atoms with Crippen LogP contribution in [-0.2, 0) is 14.3 Å². The van der Waals surface area contributed by atoms with Gasteiger partial charge >= 0.3 is 12.1 Å². The Morgan fingerprint density at radius 3 is 2.26 bits per heavy atom. The number of amides is 2. The number of nitrogens with one attached hydrogen (secondary N) is 1. The Labute approximate surface area is 200 Å². The highest BCUT2D eigenvalue weighted by Crippen LogP contribution is 2.44. The Morgan fingerprint density at radius 2 is 1.68 bits per heavy atom. The van der Waals surface area contributed by atoms with E-state index in [1.54, 1.807) is 4.90 Å². The average molecular weight is 465 g/mol. The molecule has 0 radical (unpaired) electrons. The molecule has 7 nitrogen and oxygen atoms in total. The molecule has 4 rings (SSSR count). The number of carbonyl (C=O) groups is 3. The van der Waals surface area contributed by atoms with E-state index in [0.717, 1.165) is 17.5 Å². The molecule has 1 saturated heterocycles. The summed E-state index contributed by atoms with van der Waals surface area (Å²) >= 11 is 0. The molecular formula is C27H32N2O5. The first-order valence-electron chi connectivity index (χ1n) is 12.0. The molecular weight excluding hydrogens is 432 g/mol. The Morgan fingerprint density at radius 1 is 1.06 bits per heavy atom. The van der Waals surface area contributed by atoms with Crippen LogP contribution >= 0.6 is 0 Å². The number of ether oxygens (including phenoxy) is 1. The number of nitrogens with zero attached hydrogens (tertiary/aromatic N) is 1. The SMILES string of the molecule is CC(C)[C@@H](CC(=O)N1CCC[C@@H]1CC(=O)O)NC(=O)OCC1c2ccccc2-c2ccccc21. The highest BCUT2D eigenvalue weighted by atomic mass is 16.5. The first-order chi connectivity index (χ1) is 16.3. The van der Waals surface area contributed by atoms with Crippen molar-refractivity contribution in [3.05, 3.63) is 59.7 Å². The zero-order valence-electron chi connectivity index (χ0n) is 19.7. The minimum atomic E-state index is -0.901. The highest BCUT2D eigenvalue weighted by molar-refractivity contribution is 5.80. The molecule has 0 spiro atoms. The third kappa shape index (κ3) is 5.08. The minimum Gasteiger partial charge on any atom is -0.481 e. The third-order valence-electron chi connectivity index (χ3n) is 6.95. The molecule has 2 amide bonds. The lowest BCUT2D eigenvalue weighted by Gasteiger charge is -2.28. The average Bonchev–Trinajstić information content (AvgIpc) is 3.39. The van der Waals surface area contributed by atoms with E-state index in [4.69, 9.17) is 9.84 Å².